The zero-order valence-electron chi connectivity index (χ0n) is 16.7. The lowest BCUT2D eigenvalue weighted by molar-refractivity contribution is -0.384. The van der Waals surface area contributed by atoms with Crippen molar-refractivity contribution in [3.63, 3.8) is 0 Å². The third-order valence-electron chi connectivity index (χ3n) is 4.67. The molecule has 0 spiro atoms. The van der Waals surface area contributed by atoms with Crippen LogP contribution in [0.1, 0.15) is 10.4 Å². The average Bonchev–Trinajstić information content (AvgIpc) is 3.23. The number of thiazole rings is 1. The first kappa shape index (κ1) is 21.5. The van der Waals surface area contributed by atoms with Crippen LogP contribution in [-0.2, 0) is 0 Å². The number of anilines is 1. The maximum atomic E-state index is 12.7. The van der Waals surface area contributed by atoms with Gasteiger partial charge in [0, 0.05) is 17.7 Å². The van der Waals surface area contributed by atoms with Crippen molar-refractivity contribution in [2.45, 2.75) is 0 Å². The lowest BCUT2D eigenvalue weighted by Crippen LogP contribution is -2.12. The molecule has 1 amide bonds. The third kappa shape index (κ3) is 4.46. The molecule has 0 aliphatic rings. The SMILES string of the molecule is COc1ccc(-c2sc(NC(=O)c3ccccc3Cl)nc2-c2ccc([N+](=O)[O-])cc2)cc1. The summed E-state index contributed by atoms with van der Waals surface area (Å²) in [6.45, 7) is 0. The molecule has 0 aliphatic carbocycles. The van der Waals surface area contributed by atoms with Crippen molar-refractivity contribution in [1.82, 2.24) is 4.98 Å². The molecule has 7 nitrogen and oxygen atoms in total. The number of nitrogens with zero attached hydrogens (tertiary/aromatic N) is 2. The molecular weight excluding hydrogens is 450 g/mol. The highest BCUT2D eigenvalue weighted by Crippen LogP contribution is 2.40. The predicted octanol–water partition coefficient (Wildman–Crippen LogP) is 6.30. The molecule has 0 aliphatic heterocycles. The van der Waals surface area contributed by atoms with E-state index in [4.69, 9.17) is 16.3 Å². The molecule has 0 saturated heterocycles. The Labute approximate surface area is 192 Å². The summed E-state index contributed by atoms with van der Waals surface area (Å²) in [6.07, 6.45) is 0. The van der Waals surface area contributed by atoms with Crippen LogP contribution in [0.4, 0.5) is 10.8 Å². The van der Waals surface area contributed by atoms with Gasteiger partial charge >= 0.3 is 0 Å². The number of non-ortho nitro benzene ring substituents is 1. The number of hydrogen-bond donors (Lipinski definition) is 1. The monoisotopic (exact) mass is 465 g/mol. The summed E-state index contributed by atoms with van der Waals surface area (Å²) in [5.74, 6) is 0.336. The van der Waals surface area contributed by atoms with Crippen molar-refractivity contribution in [1.29, 1.82) is 0 Å². The number of carbonyl (C=O) groups excluding carboxylic acids is 1. The molecule has 1 heterocycles. The number of rotatable bonds is 6. The summed E-state index contributed by atoms with van der Waals surface area (Å²) in [5.41, 5.74) is 2.49. The molecule has 0 bridgehead atoms. The average molecular weight is 466 g/mol. The maximum absolute atomic E-state index is 12.7. The van der Waals surface area contributed by atoms with Gasteiger partial charge in [0.25, 0.3) is 11.6 Å². The number of nitrogens with one attached hydrogen (secondary N) is 1. The van der Waals surface area contributed by atoms with E-state index >= 15 is 0 Å². The first-order chi connectivity index (χ1) is 15.5. The van der Waals surface area contributed by atoms with Crippen molar-refractivity contribution in [3.05, 3.63) is 93.5 Å². The number of methoxy groups -OCH3 is 1. The number of hydrogen-bond acceptors (Lipinski definition) is 6. The fourth-order valence-corrected chi connectivity index (χ4v) is 4.27. The molecule has 0 saturated carbocycles. The first-order valence-corrected chi connectivity index (χ1v) is 10.6. The lowest BCUT2D eigenvalue weighted by atomic mass is 10.1. The minimum atomic E-state index is -0.454. The standard InChI is InChI=1S/C23H16ClN3O4S/c1-31-17-12-8-15(9-13-17)21-20(14-6-10-16(11-7-14)27(29)30)25-23(32-21)26-22(28)18-4-2-3-5-19(18)24/h2-13H,1H3,(H,25,26,28). The lowest BCUT2D eigenvalue weighted by Gasteiger charge is -2.04. The van der Waals surface area contributed by atoms with Crippen molar-refractivity contribution in [3.8, 4) is 27.4 Å². The molecule has 3 aromatic carbocycles. The summed E-state index contributed by atoms with van der Waals surface area (Å²) in [5, 5.41) is 14.5. The Morgan fingerprint density at radius 1 is 1.03 bits per heavy atom. The summed E-state index contributed by atoms with van der Waals surface area (Å²) < 4.78 is 5.23. The molecule has 1 aromatic heterocycles. The molecule has 4 rings (SSSR count). The summed E-state index contributed by atoms with van der Waals surface area (Å²) in [7, 11) is 1.59. The van der Waals surface area contributed by atoms with Gasteiger partial charge in [-0.2, -0.15) is 0 Å². The Balaban J connectivity index is 1.74. The molecule has 1 N–H and O–H groups in total. The number of nitro groups is 1. The van der Waals surface area contributed by atoms with Crippen LogP contribution in [0.5, 0.6) is 5.75 Å². The highest BCUT2D eigenvalue weighted by molar-refractivity contribution is 7.19. The van der Waals surface area contributed by atoms with Crippen LogP contribution >= 0.6 is 22.9 Å². The Morgan fingerprint density at radius 3 is 2.31 bits per heavy atom. The van der Waals surface area contributed by atoms with E-state index in [0.717, 1.165) is 10.4 Å². The van der Waals surface area contributed by atoms with Gasteiger partial charge in [-0.1, -0.05) is 35.1 Å². The van der Waals surface area contributed by atoms with Gasteiger partial charge in [-0.05, 0) is 54.1 Å². The minimum absolute atomic E-state index is 0.0118. The zero-order valence-corrected chi connectivity index (χ0v) is 18.3. The molecule has 0 atom stereocenters. The Hall–Kier alpha value is -3.75. The van der Waals surface area contributed by atoms with E-state index in [1.807, 2.05) is 24.3 Å². The highest BCUT2D eigenvalue weighted by Gasteiger charge is 2.19. The van der Waals surface area contributed by atoms with Crippen molar-refractivity contribution < 1.29 is 14.5 Å². The quantitative estimate of drug-likeness (QED) is 0.266. The van der Waals surface area contributed by atoms with Gasteiger partial charge in [-0.15, -0.1) is 0 Å². The third-order valence-corrected chi connectivity index (χ3v) is 6.02. The zero-order chi connectivity index (χ0) is 22.7. The van der Waals surface area contributed by atoms with E-state index in [0.29, 0.717) is 32.7 Å². The topological polar surface area (TPSA) is 94.4 Å². The molecule has 32 heavy (non-hydrogen) atoms. The largest absolute Gasteiger partial charge is 0.497 e. The minimum Gasteiger partial charge on any atom is -0.497 e. The van der Waals surface area contributed by atoms with Gasteiger partial charge in [0.15, 0.2) is 5.13 Å². The summed E-state index contributed by atoms with van der Waals surface area (Å²) in [6, 6.07) is 20.3. The van der Waals surface area contributed by atoms with E-state index < -0.39 is 4.92 Å². The number of nitro benzene ring substituents is 1. The van der Waals surface area contributed by atoms with Gasteiger partial charge in [0.05, 0.1) is 33.2 Å². The summed E-state index contributed by atoms with van der Waals surface area (Å²) >= 11 is 7.44. The van der Waals surface area contributed by atoms with Crippen LogP contribution in [0.3, 0.4) is 0 Å². The van der Waals surface area contributed by atoms with Crippen LogP contribution in [0.2, 0.25) is 5.02 Å². The number of benzene rings is 3. The van der Waals surface area contributed by atoms with Crippen molar-refractivity contribution >= 4 is 39.7 Å². The number of ether oxygens (including phenoxy) is 1. The van der Waals surface area contributed by atoms with E-state index in [9.17, 15) is 14.9 Å². The fourth-order valence-electron chi connectivity index (χ4n) is 3.06. The van der Waals surface area contributed by atoms with Crippen LogP contribution in [-0.4, -0.2) is 22.9 Å². The Kier molecular flexibility index (Phi) is 6.16. The van der Waals surface area contributed by atoms with Gasteiger partial charge in [0.1, 0.15) is 5.75 Å². The first-order valence-electron chi connectivity index (χ1n) is 9.42. The van der Waals surface area contributed by atoms with Crippen molar-refractivity contribution in [2.75, 3.05) is 12.4 Å². The number of aromatic nitrogens is 1. The van der Waals surface area contributed by atoms with Crippen LogP contribution in [0.15, 0.2) is 72.8 Å². The van der Waals surface area contributed by atoms with Gasteiger partial charge in [-0.3, -0.25) is 20.2 Å². The van der Waals surface area contributed by atoms with Crippen molar-refractivity contribution in [2.24, 2.45) is 0 Å². The molecular formula is C23H16ClN3O4S. The Morgan fingerprint density at radius 2 is 1.69 bits per heavy atom. The van der Waals surface area contributed by atoms with E-state index in [1.54, 1.807) is 43.5 Å². The molecule has 160 valence electrons. The molecule has 4 aromatic rings. The van der Waals surface area contributed by atoms with Gasteiger partial charge in [-0.25, -0.2) is 4.98 Å². The second-order valence-corrected chi connectivity index (χ2v) is 8.07. The van der Waals surface area contributed by atoms with Gasteiger partial charge in [0.2, 0.25) is 0 Å². The van der Waals surface area contributed by atoms with E-state index in [1.165, 1.54) is 23.5 Å². The van der Waals surface area contributed by atoms with Gasteiger partial charge < -0.3 is 4.74 Å². The Bertz CT molecular complexity index is 1290. The second kappa shape index (κ2) is 9.17. The number of halogens is 1. The van der Waals surface area contributed by atoms with Crippen LogP contribution < -0.4 is 10.1 Å². The smallest absolute Gasteiger partial charge is 0.269 e. The normalized spacial score (nSPS) is 10.6. The second-order valence-electron chi connectivity index (χ2n) is 6.66. The number of carbonyl (C=O) groups is 1. The molecule has 0 radical (unpaired) electrons. The fraction of sp³-hybridized carbons (Fsp3) is 0.0435. The predicted molar refractivity (Wildman–Crippen MR) is 126 cm³/mol. The van der Waals surface area contributed by atoms with Crippen LogP contribution in [0, 0.1) is 10.1 Å². The molecule has 9 heteroatoms. The van der Waals surface area contributed by atoms with E-state index in [-0.39, 0.29) is 11.6 Å². The molecule has 0 fully saturated rings. The van der Waals surface area contributed by atoms with E-state index in [2.05, 4.69) is 10.3 Å². The van der Waals surface area contributed by atoms with Crippen LogP contribution in [0.25, 0.3) is 21.7 Å². The maximum Gasteiger partial charge on any atom is 0.269 e. The highest BCUT2D eigenvalue weighted by atomic mass is 35.5. The number of amides is 1. The summed E-state index contributed by atoms with van der Waals surface area (Å²) in [4.78, 5) is 28.7. The molecule has 0 unspecified atom stereocenters.